The Morgan fingerprint density at radius 3 is 3.05 bits per heavy atom. The number of hydrogen-bond donors (Lipinski definition) is 2. The van der Waals surface area contributed by atoms with E-state index in [0.29, 0.717) is 32.1 Å². The molecule has 2 rings (SSSR count). The molecule has 1 aliphatic rings. The second-order valence-electron chi connectivity index (χ2n) is 4.50. The maximum atomic E-state index is 12.0. The van der Waals surface area contributed by atoms with E-state index in [9.17, 15) is 14.9 Å². The Balaban J connectivity index is 2.27. The molecular weight excluding hydrogens is 278 g/mol. The zero-order valence-corrected chi connectivity index (χ0v) is 11.6. The highest BCUT2D eigenvalue weighted by atomic mass is 16.6. The van der Waals surface area contributed by atoms with Gasteiger partial charge in [-0.1, -0.05) is 0 Å². The minimum atomic E-state index is -0.591. The lowest BCUT2D eigenvalue weighted by Gasteiger charge is -2.35. The molecule has 9 nitrogen and oxygen atoms in total. The molecule has 1 fully saturated rings. The number of nitrogens with one attached hydrogen (secondary N) is 1. The highest BCUT2D eigenvalue weighted by molar-refractivity contribution is 5.80. The summed E-state index contributed by atoms with van der Waals surface area (Å²) in [5, 5.41) is 13.9. The van der Waals surface area contributed by atoms with E-state index in [4.69, 9.17) is 10.5 Å². The molecule has 1 aromatic rings. The molecule has 3 N–H and O–H groups in total. The van der Waals surface area contributed by atoms with Crippen LogP contribution in [0.3, 0.4) is 0 Å². The summed E-state index contributed by atoms with van der Waals surface area (Å²) in [7, 11) is 0. The topological polar surface area (TPSA) is 124 Å². The van der Waals surface area contributed by atoms with E-state index >= 15 is 0 Å². The van der Waals surface area contributed by atoms with Gasteiger partial charge in [0.25, 0.3) is 0 Å². The van der Waals surface area contributed by atoms with Gasteiger partial charge in [0.15, 0.2) is 0 Å². The smallest absolute Gasteiger partial charge is 0.330 e. The zero-order chi connectivity index (χ0) is 15.4. The highest BCUT2D eigenvalue weighted by Gasteiger charge is 2.31. The van der Waals surface area contributed by atoms with E-state index in [2.05, 4.69) is 10.3 Å². The number of nitrogens with two attached hydrogens (primary N) is 1. The van der Waals surface area contributed by atoms with Gasteiger partial charge in [-0.05, 0) is 13.0 Å². The van der Waals surface area contributed by atoms with Gasteiger partial charge < -0.3 is 20.7 Å². The fraction of sp³-hybridized carbons (Fsp3) is 0.500. The van der Waals surface area contributed by atoms with Crippen molar-refractivity contribution in [2.75, 3.05) is 36.9 Å². The van der Waals surface area contributed by atoms with Gasteiger partial charge in [0.05, 0.1) is 11.5 Å². The first-order valence-corrected chi connectivity index (χ1v) is 6.59. The Labute approximate surface area is 121 Å². The van der Waals surface area contributed by atoms with Crippen LogP contribution in [0.5, 0.6) is 0 Å². The van der Waals surface area contributed by atoms with Gasteiger partial charge in [-0.15, -0.1) is 0 Å². The van der Waals surface area contributed by atoms with E-state index in [0.717, 1.165) is 0 Å². The lowest BCUT2D eigenvalue weighted by molar-refractivity contribution is -0.384. The van der Waals surface area contributed by atoms with Crippen molar-refractivity contribution in [1.29, 1.82) is 0 Å². The first-order chi connectivity index (χ1) is 10.0. The van der Waals surface area contributed by atoms with Crippen LogP contribution in [0, 0.1) is 10.1 Å². The van der Waals surface area contributed by atoms with Crippen molar-refractivity contribution in [2.24, 2.45) is 0 Å². The Bertz CT molecular complexity index is 550. The molecule has 1 aliphatic heterocycles. The van der Waals surface area contributed by atoms with Crippen molar-refractivity contribution < 1.29 is 14.5 Å². The number of nitrogen functional groups attached to an aromatic ring is 1. The molecule has 0 bridgehead atoms. The lowest BCUT2D eigenvalue weighted by atomic mass is 10.2. The quantitative estimate of drug-likeness (QED) is 0.449. The molecule has 1 unspecified atom stereocenters. The Hall–Kier alpha value is -2.42. The molecule has 0 radical (unpaired) electrons. The Morgan fingerprint density at radius 2 is 2.43 bits per heavy atom. The van der Waals surface area contributed by atoms with E-state index in [1.54, 1.807) is 11.8 Å². The average Bonchev–Trinajstić information content (AvgIpc) is 2.47. The average molecular weight is 295 g/mol. The van der Waals surface area contributed by atoms with Crippen LogP contribution >= 0.6 is 0 Å². The molecule has 114 valence electrons. The van der Waals surface area contributed by atoms with Crippen molar-refractivity contribution in [2.45, 2.75) is 13.0 Å². The zero-order valence-electron chi connectivity index (χ0n) is 11.6. The molecule has 0 aromatic carbocycles. The molecule has 0 amide bonds. The monoisotopic (exact) mass is 295 g/mol. The van der Waals surface area contributed by atoms with Crippen molar-refractivity contribution in [3.8, 4) is 0 Å². The number of carbonyl (C=O) groups is 1. The first kappa shape index (κ1) is 15.0. The van der Waals surface area contributed by atoms with Gasteiger partial charge in [-0.2, -0.15) is 0 Å². The van der Waals surface area contributed by atoms with Crippen molar-refractivity contribution in [3.63, 3.8) is 0 Å². The lowest BCUT2D eigenvalue weighted by Crippen LogP contribution is -2.56. The van der Waals surface area contributed by atoms with Crippen LogP contribution in [0.25, 0.3) is 0 Å². The second kappa shape index (κ2) is 6.35. The van der Waals surface area contributed by atoms with E-state index < -0.39 is 11.0 Å². The van der Waals surface area contributed by atoms with E-state index in [1.807, 2.05) is 0 Å². The summed E-state index contributed by atoms with van der Waals surface area (Å²) in [5.41, 5.74) is 5.35. The summed E-state index contributed by atoms with van der Waals surface area (Å²) in [6.07, 6.45) is 0. The third-order valence-electron chi connectivity index (χ3n) is 3.18. The van der Waals surface area contributed by atoms with Gasteiger partial charge in [0, 0.05) is 25.7 Å². The minimum Gasteiger partial charge on any atom is -0.464 e. The van der Waals surface area contributed by atoms with E-state index in [-0.39, 0.29) is 17.5 Å². The summed E-state index contributed by atoms with van der Waals surface area (Å²) < 4.78 is 5.04. The number of esters is 1. The molecule has 0 aliphatic carbocycles. The number of nitrogens with zero attached hydrogens (tertiary/aromatic N) is 3. The minimum absolute atomic E-state index is 0.168. The van der Waals surface area contributed by atoms with Crippen LogP contribution in [0.4, 0.5) is 17.3 Å². The number of anilines is 2. The maximum Gasteiger partial charge on any atom is 0.330 e. The normalized spacial score (nSPS) is 18.3. The standard InChI is InChI=1S/C12H17N5O4/c1-2-21-12(18)9-7-14-5-6-16(9)10-4-3-8(17(19)20)11(13)15-10/h3-4,9,14H,2,5-7H2,1H3,(H2,13,15). The fourth-order valence-corrected chi connectivity index (χ4v) is 2.20. The van der Waals surface area contributed by atoms with E-state index in [1.165, 1.54) is 12.1 Å². The van der Waals surface area contributed by atoms with Crippen LogP contribution in [-0.2, 0) is 9.53 Å². The fourth-order valence-electron chi connectivity index (χ4n) is 2.20. The number of hydrogen-bond acceptors (Lipinski definition) is 8. The van der Waals surface area contributed by atoms with Gasteiger partial charge >= 0.3 is 11.7 Å². The summed E-state index contributed by atoms with van der Waals surface area (Å²) in [5.74, 6) is -0.0975. The number of piperazine rings is 1. The van der Waals surface area contributed by atoms with Crippen molar-refractivity contribution in [3.05, 3.63) is 22.2 Å². The van der Waals surface area contributed by atoms with Crippen molar-refractivity contribution in [1.82, 2.24) is 10.3 Å². The van der Waals surface area contributed by atoms with Crippen molar-refractivity contribution >= 4 is 23.3 Å². The number of rotatable bonds is 4. The van der Waals surface area contributed by atoms with Crippen LogP contribution < -0.4 is 16.0 Å². The third kappa shape index (κ3) is 3.19. The number of nitro groups is 1. The van der Waals surface area contributed by atoms with Crippen LogP contribution in [-0.4, -0.2) is 48.2 Å². The third-order valence-corrected chi connectivity index (χ3v) is 3.18. The molecule has 0 saturated carbocycles. The number of ether oxygens (including phenoxy) is 1. The molecular formula is C12H17N5O4. The summed E-state index contributed by atoms with van der Waals surface area (Å²) in [4.78, 5) is 27.9. The van der Waals surface area contributed by atoms with Crippen LogP contribution in [0.1, 0.15) is 6.92 Å². The Morgan fingerprint density at radius 1 is 1.67 bits per heavy atom. The summed E-state index contributed by atoms with van der Waals surface area (Å²) in [6.45, 7) is 3.67. The number of aromatic nitrogens is 1. The first-order valence-electron chi connectivity index (χ1n) is 6.59. The molecule has 1 aromatic heterocycles. The summed E-state index contributed by atoms with van der Waals surface area (Å²) in [6, 6.07) is 2.26. The molecule has 9 heteroatoms. The second-order valence-corrected chi connectivity index (χ2v) is 4.50. The molecule has 0 spiro atoms. The Kier molecular flexibility index (Phi) is 4.53. The van der Waals surface area contributed by atoms with Gasteiger partial charge in [-0.3, -0.25) is 10.1 Å². The predicted octanol–water partition coefficient (Wildman–Crippen LogP) is -0.0867. The predicted molar refractivity (Wildman–Crippen MR) is 75.9 cm³/mol. The number of carbonyl (C=O) groups excluding carboxylic acids is 1. The van der Waals surface area contributed by atoms with Gasteiger partial charge in [0.1, 0.15) is 11.9 Å². The largest absolute Gasteiger partial charge is 0.464 e. The van der Waals surface area contributed by atoms with Gasteiger partial charge in [-0.25, -0.2) is 9.78 Å². The van der Waals surface area contributed by atoms with Crippen LogP contribution in [0.2, 0.25) is 0 Å². The molecule has 21 heavy (non-hydrogen) atoms. The molecule has 1 atom stereocenters. The molecule has 1 saturated heterocycles. The van der Waals surface area contributed by atoms with Gasteiger partial charge in [0.2, 0.25) is 5.82 Å². The summed E-state index contributed by atoms with van der Waals surface area (Å²) >= 11 is 0. The molecule has 2 heterocycles. The maximum absolute atomic E-state index is 12.0. The highest BCUT2D eigenvalue weighted by Crippen LogP contribution is 2.24. The SMILES string of the molecule is CCOC(=O)C1CNCCN1c1ccc([N+](=O)[O-])c(N)n1. The number of pyridine rings is 1. The van der Waals surface area contributed by atoms with Crippen LogP contribution in [0.15, 0.2) is 12.1 Å².